The number of carbonyl (C=O) groups is 1. The third kappa shape index (κ3) is 5.96. The molecule has 1 aliphatic rings. The van der Waals surface area contributed by atoms with Gasteiger partial charge in [0.25, 0.3) is 0 Å². The quantitative estimate of drug-likeness (QED) is 0.813. The van der Waals surface area contributed by atoms with E-state index in [0.717, 1.165) is 37.5 Å². The maximum Gasteiger partial charge on any atom is 0.226 e. The molecule has 0 spiro atoms. The molecule has 128 valence electrons. The van der Waals surface area contributed by atoms with E-state index in [2.05, 4.69) is 22.3 Å². The molecule has 1 heterocycles. The highest BCUT2D eigenvalue weighted by Gasteiger charge is 2.19. The van der Waals surface area contributed by atoms with Crippen molar-refractivity contribution < 1.29 is 4.79 Å². The molecule has 0 bridgehead atoms. The summed E-state index contributed by atoms with van der Waals surface area (Å²) in [6.45, 7) is 8.13. The number of benzene rings is 1. The van der Waals surface area contributed by atoms with E-state index in [1.807, 2.05) is 26.0 Å². The first-order chi connectivity index (χ1) is 11.1. The zero-order valence-corrected chi connectivity index (χ0v) is 14.6. The number of nitrogens with two attached hydrogens (primary N) is 1. The normalized spacial score (nSPS) is 16.7. The fraction of sp³-hybridized carbons (Fsp3) is 0.632. The summed E-state index contributed by atoms with van der Waals surface area (Å²) in [6, 6.07) is 8.31. The van der Waals surface area contributed by atoms with Gasteiger partial charge in [0.1, 0.15) is 0 Å². The van der Waals surface area contributed by atoms with Gasteiger partial charge in [-0.25, -0.2) is 0 Å². The molecule has 0 saturated carbocycles. The first kappa shape index (κ1) is 18.0. The molecule has 1 aromatic carbocycles. The monoisotopic (exact) mass is 317 g/mol. The molecule has 1 saturated heterocycles. The molecule has 1 amide bonds. The van der Waals surface area contributed by atoms with Crippen LogP contribution < -0.4 is 11.1 Å². The first-order valence-electron chi connectivity index (χ1n) is 8.90. The predicted octanol–water partition coefficient (Wildman–Crippen LogP) is 2.88. The second-order valence-corrected chi connectivity index (χ2v) is 6.98. The van der Waals surface area contributed by atoms with Gasteiger partial charge in [-0.2, -0.15) is 0 Å². The number of hydrogen-bond donors (Lipinski definition) is 2. The number of anilines is 1. The van der Waals surface area contributed by atoms with Crippen molar-refractivity contribution >= 4 is 11.6 Å². The summed E-state index contributed by atoms with van der Waals surface area (Å²) in [5.41, 5.74) is 7.83. The van der Waals surface area contributed by atoms with Crippen LogP contribution in [0.4, 0.5) is 5.69 Å². The van der Waals surface area contributed by atoms with Gasteiger partial charge < -0.3 is 16.0 Å². The lowest BCUT2D eigenvalue weighted by Crippen LogP contribution is -2.35. The number of nitrogens with zero attached hydrogens (tertiary/aromatic N) is 1. The van der Waals surface area contributed by atoms with Crippen molar-refractivity contribution in [3.63, 3.8) is 0 Å². The van der Waals surface area contributed by atoms with E-state index in [4.69, 9.17) is 5.73 Å². The number of nitrogens with one attached hydrogen (secondary N) is 1. The molecule has 0 unspecified atom stereocenters. The molecule has 4 heteroatoms. The molecule has 1 aliphatic heterocycles. The Morgan fingerprint density at radius 3 is 2.74 bits per heavy atom. The lowest BCUT2D eigenvalue weighted by Gasteiger charge is -2.32. The van der Waals surface area contributed by atoms with Gasteiger partial charge in [-0.05, 0) is 75.5 Å². The molecule has 0 aromatic heterocycles. The third-order valence-corrected chi connectivity index (χ3v) is 4.63. The van der Waals surface area contributed by atoms with E-state index in [0.29, 0.717) is 0 Å². The number of amides is 1. The van der Waals surface area contributed by atoms with Crippen molar-refractivity contribution in [1.82, 2.24) is 4.90 Å². The smallest absolute Gasteiger partial charge is 0.226 e. The van der Waals surface area contributed by atoms with Gasteiger partial charge in [0.15, 0.2) is 0 Å². The highest BCUT2D eigenvalue weighted by Crippen LogP contribution is 2.23. The van der Waals surface area contributed by atoms with Crippen LogP contribution >= 0.6 is 0 Å². The van der Waals surface area contributed by atoms with Gasteiger partial charge >= 0.3 is 0 Å². The lowest BCUT2D eigenvalue weighted by atomic mass is 9.90. The number of piperidine rings is 1. The van der Waals surface area contributed by atoms with Crippen molar-refractivity contribution in [2.24, 2.45) is 17.6 Å². The molecule has 0 atom stereocenters. The Bertz CT molecular complexity index is 493. The Labute approximate surface area is 140 Å². The van der Waals surface area contributed by atoms with Gasteiger partial charge in [-0.1, -0.05) is 26.0 Å². The van der Waals surface area contributed by atoms with Gasteiger partial charge in [0.05, 0.1) is 0 Å². The summed E-state index contributed by atoms with van der Waals surface area (Å²) < 4.78 is 0. The Morgan fingerprint density at radius 1 is 1.35 bits per heavy atom. The Hall–Kier alpha value is -1.39. The van der Waals surface area contributed by atoms with Crippen molar-refractivity contribution in [2.75, 3.05) is 31.5 Å². The highest BCUT2D eigenvalue weighted by atomic mass is 16.1. The third-order valence-electron chi connectivity index (χ3n) is 4.63. The summed E-state index contributed by atoms with van der Waals surface area (Å²) in [6.07, 6.45) is 4.72. The lowest BCUT2D eigenvalue weighted by molar-refractivity contribution is -0.118. The van der Waals surface area contributed by atoms with Crippen LogP contribution in [0.3, 0.4) is 0 Å². The number of hydrogen-bond acceptors (Lipinski definition) is 3. The maximum atomic E-state index is 11.8. The molecule has 2 rings (SSSR count). The first-order valence-corrected chi connectivity index (χ1v) is 8.90. The summed E-state index contributed by atoms with van der Waals surface area (Å²) in [5, 5.41) is 2.99. The van der Waals surface area contributed by atoms with Crippen LogP contribution in [0.1, 0.15) is 38.7 Å². The average molecular weight is 317 g/mol. The molecule has 3 N–H and O–H groups in total. The zero-order valence-electron chi connectivity index (χ0n) is 14.6. The van der Waals surface area contributed by atoms with Crippen LogP contribution in [0.2, 0.25) is 0 Å². The van der Waals surface area contributed by atoms with Crippen LogP contribution in [0.5, 0.6) is 0 Å². The molecule has 1 fully saturated rings. The summed E-state index contributed by atoms with van der Waals surface area (Å²) in [7, 11) is 0. The maximum absolute atomic E-state index is 11.8. The minimum absolute atomic E-state index is 0.0107. The summed E-state index contributed by atoms with van der Waals surface area (Å²) >= 11 is 0. The van der Waals surface area contributed by atoms with Crippen LogP contribution in [-0.2, 0) is 11.2 Å². The van der Waals surface area contributed by atoms with E-state index in [1.165, 1.54) is 31.5 Å². The summed E-state index contributed by atoms with van der Waals surface area (Å²) in [5.74, 6) is 0.840. The van der Waals surface area contributed by atoms with Crippen LogP contribution in [0.25, 0.3) is 0 Å². The second kappa shape index (κ2) is 9.04. The predicted molar refractivity (Wildman–Crippen MR) is 96.4 cm³/mol. The topological polar surface area (TPSA) is 58.4 Å². The van der Waals surface area contributed by atoms with E-state index in [1.54, 1.807) is 0 Å². The molecular formula is C19H31N3O. The number of rotatable bonds is 7. The number of likely N-dealkylation sites (tertiary alicyclic amines) is 1. The van der Waals surface area contributed by atoms with E-state index in [9.17, 15) is 4.79 Å². The van der Waals surface area contributed by atoms with Crippen LogP contribution in [0, 0.1) is 11.8 Å². The van der Waals surface area contributed by atoms with Crippen molar-refractivity contribution in [2.45, 2.75) is 39.5 Å². The second-order valence-electron chi connectivity index (χ2n) is 6.98. The standard InChI is InChI=1S/C19H31N3O/c1-15(2)19(23)21-18-6-3-5-17(14-18)13-16-7-11-22(12-8-16)10-4-9-20/h3,5-6,14-16H,4,7-13,20H2,1-2H3,(H,21,23). The average Bonchev–Trinajstić information content (AvgIpc) is 2.54. The van der Waals surface area contributed by atoms with Crippen molar-refractivity contribution in [3.05, 3.63) is 29.8 Å². The molecule has 23 heavy (non-hydrogen) atoms. The zero-order chi connectivity index (χ0) is 16.7. The molecule has 0 radical (unpaired) electrons. The van der Waals surface area contributed by atoms with E-state index >= 15 is 0 Å². The van der Waals surface area contributed by atoms with E-state index in [-0.39, 0.29) is 11.8 Å². The molecular weight excluding hydrogens is 286 g/mol. The van der Waals surface area contributed by atoms with Crippen LogP contribution in [-0.4, -0.2) is 37.0 Å². The molecule has 1 aromatic rings. The highest BCUT2D eigenvalue weighted by molar-refractivity contribution is 5.92. The Kier molecular flexibility index (Phi) is 7.06. The van der Waals surface area contributed by atoms with Gasteiger partial charge in [0.2, 0.25) is 5.91 Å². The fourth-order valence-electron chi connectivity index (χ4n) is 3.13. The molecule has 4 nitrogen and oxygen atoms in total. The van der Waals surface area contributed by atoms with Gasteiger partial charge in [-0.15, -0.1) is 0 Å². The Morgan fingerprint density at radius 2 is 2.09 bits per heavy atom. The minimum atomic E-state index is 0.0107. The van der Waals surface area contributed by atoms with Crippen LogP contribution in [0.15, 0.2) is 24.3 Å². The molecule has 0 aliphatic carbocycles. The largest absolute Gasteiger partial charge is 0.330 e. The fourth-order valence-corrected chi connectivity index (χ4v) is 3.13. The van der Waals surface area contributed by atoms with Gasteiger partial charge in [0, 0.05) is 11.6 Å². The van der Waals surface area contributed by atoms with Gasteiger partial charge in [-0.3, -0.25) is 4.79 Å². The summed E-state index contributed by atoms with van der Waals surface area (Å²) in [4.78, 5) is 14.3. The minimum Gasteiger partial charge on any atom is -0.330 e. The number of carbonyl (C=O) groups excluding carboxylic acids is 1. The van der Waals surface area contributed by atoms with Crippen molar-refractivity contribution in [1.29, 1.82) is 0 Å². The SMILES string of the molecule is CC(C)C(=O)Nc1cccc(CC2CCN(CCCN)CC2)c1. The van der Waals surface area contributed by atoms with E-state index < -0.39 is 0 Å². The van der Waals surface area contributed by atoms with Crippen molar-refractivity contribution in [3.8, 4) is 0 Å². The Balaban J connectivity index is 1.83.